The first kappa shape index (κ1) is 37.6. The molecule has 0 N–H and O–H groups in total. The van der Waals surface area contributed by atoms with Gasteiger partial charge in [0.05, 0.1) is 13.7 Å². The fraction of sp³-hybridized carbons (Fsp3) is 0.382. The van der Waals surface area contributed by atoms with E-state index in [1.165, 1.54) is 23.1 Å². The molecule has 0 saturated heterocycles. The quantitative estimate of drug-likeness (QED) is 0.107. The molecule has 2 fully saturated rings. The van der Waals surface area contributed by atoms with E-state index in [1.807, 2.05) is 56.4 Å². The van der Waals surface area contributed by atoms with Crippen LogP contribution in [0.15, 0.2) is 102 Å². The first-order chi connectivity index (χ1) is 30.4. The van der Waals surface area contributed by atoms with E-state index in [4.69, 9.17) is 16.3 Å². The Kier molecular flexibility index (Phi) is 12.1. The van der Waals surface area contributed by atoms with Crippen LogP contribution in [0.4, 0.5) is 0 Å². The average Bonchev–Trinajstić information content (AvgIpc) is 3.96. The summed E-state index contributed by atoms with van der Waals surface area (Å²) in [6.07, 6.45) is 10.3. The van der Waals surface area contributed by atoms with Gasteiger partial charge in [0.1, 0.15) is 5.58 Å². The molecule has 0 aliphatic heterocycles. The fourth-order valence-corrected chi connectivity index (χ4v) is 10.4. The van der Waals surface area contributed by atoms with Gasteiger partial charge in [0.2, 0.25) is 0 Å². The molecule has 3 heterocycles. The molecule has 0 amide bonds. The van der Waals surface area contributed by atoms with Gasteiger partial charge >= 0.3 is 0 Å². The Morgan fingerprint density at radius 2 is 1.48 bits per heavy atom. The number of rotatable bonds is 9. The van der Waals surface area contributed by atoms with E-state index in [1.54, 1.807) is 6.20 Å². The molecule has 313 valence electrons. The molecular weight excluding hydrogens is 925 g/mol. The predicted molar refractivity (Wildman–Crippen MR) is 252 cm³/mol. The van der Waals surface area contributed by atoms with E-state index in [0.29, 0.717) is 5.56 Å². The van der Waals surface area contributed by atoms with E-state index in [-0.39, 0.29) is 31.9 Å². The van der Waals surface area contributed by atoms with Gasteiger partial charge in [0, 0.05) is 44.7 Å². The number of benzene rings is 4. The first-order valence-corrected chi connectivity index (χ1v) is 25.3. The van der Waals surface area contributed by atoms with E-state index >= 15 is 0 Å². The summed E-state index contributed by atoms with van der Waals surface area (Å²) in [5, 5.41) is 3.17. The molecule has 60 heavy (non-hydrogen) atoms. The first-order valence-electron chi connectivity index (χ1n) is 24.3. The summed E-state index contributed by atoms with van der Waals surface area (Å²) < 4.78 is 50.0. The zero-order valence-corrected chi connectivity index (χ0v) is 39.8. The molecule has 0 spiro atoms. The summed E-state index contributed by atoms with van der Waals surface area (Å²) in [5.41, 5.74) is 12.3. The number of hydrogen-bond acceptors (Lipinski definition) is 3. The van der Waals surface area contributed by atoms with Gasteiger partial charge in [-0.15, -0.1) is 59.2 Å². The van der Waals surface area contributed by atoms with Crippen molar-refractivity contribution < 1.29 is 31.4 Å². The summed E-state index contributed by atoms with van der Waals surface area (Å²) in [5.74, 6) is -0.523. The molecular formula is C55H62IrN2OSi-2. The van der Waals surface area contributed by atoms with Crippen LogP contribution in [0.5, 0.6) is 0 Å². The van der Waals surface area contributed by atoms with E-state index < -0.39 is 26.7 Å². The van der Waals surface area contributed by atoms with Gasteiger partial charge < -0.3 is 14.4 Å². The van der Waals surface area contributed by atoms with Crippen molar-refractivity contribution in [1.82, 2.24) is 9.97 Å². The number of aromatic nitrogens is 2. The van der Waals surface area contributed by atoms with Crippen LogP contribution >= 0.6 is 0 Å². The van der Waals surface area contributed by atoms with E-state index in [0.717, 1.165) is 118 Å². The number of aryl methyl sites for hydroxylation is 2. The molecule has 4 aromatic carbocycles. The minimum absolute atomic E-state index is 0. The number of pyridine rings is 2. The van der Waals surface area contributed by atoms with Crippen molar-refractivity contribution >= 4 is 35.2 Å². The third-order valence-electron chi connectivity index (χ3n) is 12.0. The molecule has 2 saturated carbocycles. The Morgan fingerprint density at radius 3 is 2.18 bits per heavy atom. The number of nitrogens with zero attached hydrogens (tertiary/aromatic N) is 2. The Morgan fingerprint density at radius 1 is 0.767 bits per heavy atom. The van der Waals surface area contributed by atoms with Crippen molar-refractivity contribution in [2.24, 2.45) is 11.8 Å². The van der Waals surface area contributed by atoms with Gasteiger partial charge in [-0.05, 0) is 89.4 Å². The average molecular weight is 992 g/mol. The largest absolute Gasteiger partial charge is 0.500 e. The Balaban J connectivity index is 0.000000195. The number of hydrogen-bond donors (Lipinski definition) is 0. The molecule has 5 heteroatoms. The fourth-order valence-electron chi connectivity index (χ4n) is 8.97. The molecule has 2 aliphatic carbocycles. The van der Waals surface area contributed by atoms with Crippen LogP contribution in [0.1, 0.15) is 112 Å². The van der Waals surface area contributed by atoms with Crippen LogP contribution in [0.3, 0.4) is 0 Å². The monoisotopic (exact) mass is 992 g/mol. The SMILES string of the molecule is [2H]C([2H])(c1ccnc(-c2[c-]cc3oc4cc(-c5c(C)cccc5C)ccc4c3c2)c1)C1CCCC1.[2H]C1(c2c[c-]c(-c3cc(C([2H])([2H])C(C)C)c([Si](C)(C)C)cn3)cc2)CCCCC1.[Ir]. The smallest absolute Gasteiger partial charge is 0.121 e. The van der Waals surface area contributed by atoms with Crippen molar-refractivity contribution in [2.45, 2.75) is 124 Å². The van der Waals surface area contributed by atoms with Crippen LogP contribution in [0, 0.1) is 37.8 Å². The third kappa shape index (κ3) is 10.1. The van der Waals surface area contributed by atoms with Gasteiger partial charge in [0.25, 0.3) is 0 Å². The molecule has 0 atom stereocenters. The van der Waals surface area contributed by atoms with Crippen LogP contribution in [0.25, 0.3) is 55.6 Å². The third-order valence-corrected chi connectivity index (χ3v) is 14.1. The minimum Gasteiger partial charge on any atom is -0.500 e. The molecule has 1 radical (unpaired) electrons. The van der Waals surface area contributed by atoms with E-state index in [9.17, 15) is 0 Å². The van der Waals surface area contributed by atoms with Crippen molar-refractivity contribution in [2.75, 3.05) is 0 Å². The van der Waals surface area contributed by atoms with Gasteiger partial charge in [-0.2, -0.15) is 0 Å². The molecule has 2 aliphatic rings. The summed E-state index contributed by atoms with van der Waals surface area (Å²) in [6, 6.07) is 35.1. The summed E-state index contributed by atoms with van der Waals surface area (Å²) in [4.78, 5) is 9.26. The van der Waals surface area contributed by atoms with Gasteiger partial charge in [-0.3, -0.25) is 0 Å². The molecule has 0 bridgehead atoms. The topological polar surface area (TPSA) is 38.9 Å². The Labute approximate surface area is 381 Å². The van der Waals surface area contributed by atoms with Gasteiger partial charge in [0.15, 0.2) is 0 Å². The van der Waals surface area contributed by atoms with Crippen molar-refractivity contribution in [3.63, 3.8) is 0 Å². The van der Waals surface area contributed by atoms with Crippen LogP contribution in [0.2, 0.25) is 19.6 Å². The Hall–Kier alpha value is -4.15. The van der Waals surface area contributed by atoms with Crippen molar-refractivity contribution in [3.8, 4) is 33.6 Å². The normalized spacial score (nSPS) is 17.2. The van der Waals surface area contributed by atoms with Crippen LogP contribution < -0.4 is 5.19 Å². The number of furan rings is 1. The zero-order chi connectivity index (χ0) is 45.6. The van der Waals surface area contributed by atoms with Crippen LogP contribution in [-0.4, -0.2) is 18.0 Å². The second kappa shape index (κ2) is 19.3. The summed E-state index contributed by atoms with van der Waals surface area (Å²) in [7, 11) is -1.74. The maximum Gasteiger partial charge on any atom is 0.121 e. The molecule has 9 rings (SSSR count). The second-order valence-electron chi connectivity index (χ2n) is 18.1. The van der Waals surface area contributed by atoms with Crippen molar-refractivity contribution in [3.05, 3.63) is 137 Å². The standard InChI is InChI=1S/C31H28NO.C24H34NSi.Ir/c1-20-6-5-7-21(2)31(20)25-10-12-26-27-18-24(11-13-29(27)33-30(26)19-25)28-17-23(14-15-32-28)16-22-8-3-4-9-22;1-18(2)15-22-16-23(25-17-24(22)26(3,4)5)21-13-11-20(12-14-21)19-9-7-6-8-10-19;/h5-7,10,12-15,17-19,22H,3-4,8-9,16H2,1-2H3;11-13,16-19H,6-10,15H2,1-5H3;/q2*-1;/i16D2;15D2,19D;. The molecule has 7 aromatic rings. The van der Waals surface area contributed by atoms with Crippen LogP contribution in [-0.2, 0) is 32.9 Å². The maximum atomic E-state index is 8.82. The molecule has 0 unspecified atom stereocenters. The molecule has 3 nitrogen and oxygen atoms in total. The predicted octanol–water partition coefficient (Wildman–Crippen LogP) is 14.8. The van der Waals surface area contributed by atoms with Crippen molar-refractivity contribution in [1.29, 1.82) is 0 Å². The maximum absolute atomic E-state index is 8.82. The van der Waals surface area contributed by atoms with Gasteiger partial charge in [-0.25, -0.2) is 0 Å². The Bertz CT molecular complexity index is 2760. The number of fused-ring (bicyclic) bond motifs is 3. The zero-order valence-electron chi connectivity index (χ0n) is 41.4. The summed E-state index contributed by atoms with van der Waals surface area (Å²) in [6.45, 7) is 14.9. The molecule has 3 aromatic heterocycles. The van der Waals surface area contributed by atoms with Gasteiger partial charge in [-0.1, -0.05) is 156 Å². The summed E-state index contributed by atoms with van der Waals surface area (Å²) >= 11 is 0. The minimum atomic E-state index is -1.74. The second-order valence-corrected chi connectivity index (χ2v) is 23.1. The van der Waals surface area contributed by atoms with E-state index in [2.05, 4.69) is 99.1 Å².